The smallest absolute Gasteiger partial charge is 0.338 e. The van der Waals surface area contributed by atoms with Crippen LogP contribution >= 0.6 is 21.4 Å². The van der Waals surface area contributed by atoms with Gasteiger partial charge in [-0.3, -0.25) is 25.0 Å². The fraction of sp³-hybridized carbons (Fsp3) is 0.222. The van der Waals surface area contributed by atoms with E-state index in [0.29, 0.717) is 29.4 Å². The van der Waals surface area contributed by atoms with Crippen molar-refractivity contribution in [3.8, 4) is 23.0 Å². The van der Waals surface area contributed by atoms with Crippen molar-refractivity contribution in [3.63, 3.8) is 0 Å². The maximum Gasteiger partial charge on any atom is 0.338 e. The Morgan fingerprint density at radius 3 is 1.64 bits per heavy atom. The maximum atomic E-state index is 14.2. The van der Waals surface area contributed by atoms with E-state index in [1.54, 1.807) is 30.9 Å². The molecule has 0 aliphatic heterocycles. The van der Waals surface area contributed by atoms with Crippen LogP contribution in [0.1, 0.15) is 71.6 Å². The number of nitro groups is 2. The number of nitro benzene ring substituents is 2. The number of carbonyl (C=O) groups excluding carboxylic acids is 1. The van der Waals surface area contributed by atoms with Gasteiger partial charge in [-0.05, 0) is 77.9 Å². The van der Waals surface area contributed by atoms with Crippen LogP contribution in [0.25, 0.3) is 23.0 Å². The lowest BCUT2D eigenvalue weighted by Gasteiger charge is -2.11. The van der Waals surface area contributed by atoms with Gasteiger partial charge < -0.3 is 25.3 Å². The van der Waals surface area contributed by atoms with Gasteiger partial charge in [0.05, 0.1) is 15.4 Å². The lowest BCUT2D eigenvalue weighted by atomic mass is 10.1. The number of hydrogen-bond acceptors (Lipinski definition) is 14. The number of aryl methyl sites for hydroxylation is 2. The molecule has 0 fully saturated rings. The predicted molar refractivity (Wildman–Crippen MR) is 222 cm³/mol. The second kappa shape index (κ2) is 22.0. The molecule has 6 rings (SSSR count). The molecule has 0 saturated carbocycles. The molecule has 0 radical (unpaired) electrons. The first-order valence-electron chi connectivity index (χ1n) is 17.3. The molecule has 322 valence electrons. The Bertz CT molecular complexity index is 2540. The van der Waals surface area contributed by atoms with Crippen LogP contribution in [0.2, 0.25) is 0 Å². The highest BCUT2D eigenvalue weighted by Gasteiger charge is 2.22. The van der Waals surface area contributed by atoms with Crippen LogP contribution in [0.4, 0.5) is 31.8 Å². The number of nitrogens with two attached hydrogens (primary N) is 1. The Balaban J connectivity index is 0.000000253. The van der Waals surface area contributed by atoms with Crippen molar-refractivity contribution in [2.24, 2.45) is 0 Å². The number of benzene rings is 2. The van der Waals surface area contributed by atoms with Gasteiger partial charge >= 0.3 is 5.97 Å². The molecule has 0 aliphatic carbocycles. The van der Waals surface area contributed by atoms with Gasteiger partial charge in [0.1, 0.15) is 52.9 Å². The molecule has 20 nitrogen and oxygen atoms in total. The lowest BCUT2D eigenvalue weighted by molar-refractivity contribution is -0.385. The van der Waals surface area contributed by atoms with Gasteiger partial charge in [-0.25, -0.2) is 27.8 Å². The minimum atomic E-state index is -1.67. The summed E-state index contributed by atoms with van der Waals surface area (Å²) in [7, 11) is 7.36. The van der Waals surface area contributed by atoms with E-state index < -0.39 is 59.4 Å². The number of hydrogen-bond donors (Lipinski definition) is 3. The predicted octanol–water partition coefficient (Wildman–Crippen LogP) is 7.82. The van der Waals surface area contributed by atoms with E-state index >= 15 is 0 Å². The topological polar surface area (TPSA) is 283 Å². The fourth-order valence-corrected chi connectivity index (χ4v) is 5.05. The lowest BCUT2D eigenvalue weighted by Crippen LogP contribution is -2.15. The second-order valence-corrected chi connectivity index (χ2v) is 15.4. The number of nitrogens with zero attached hydrogens (tertiary/aromatic N) is 10. The summed E-state index contributed by atoms with van der Waals surface area (Å²) in [6.07, 6.45) is 3.28. The Morgan fingerprint density at radius 2 is 1.21 bits per heavy atom. The van der Waals surface area contributed by atoms with Crippen molar-refractivity contribution in [2.75, 3.05) is 11.1 Å². The van der Waals surface area contributed by atoms with Crippen molar-refractivity contribution in [1.29, 1.82) is 0 Å². The van der Waals surface area contributed by atoms with E-state index in [0.717, 1.165) is 29.7 Å². The quantitative estimate of drug-likeness (QED) is 0.0708. The third-order valence-corrected chi connectivity index (χ3v) is 7.92. The van der Waals surface area contributed by atoms with Gasteiger partial charge in [0.2, 0.25) is 9.23 Å². The van der Waals surface area contributed by atoms with E-state index in [1.807, 2.05) is 35.1 Å². The number of aromatic nitrogens is 8. The first kappa shape index (κ1) is 48.5. The van der Waals surface area contributed by atoms with Gasteiger partial charge in [0.15, 0.2) is 11.6 Å². The minimum Gasteiger partial charge on any atom is -0.478 e. The molecule has 0 bridgehead atoms. The van der Waals surface area contributed by atoms with E-state index in [9.17, 15) is 38.6 Å². The third-order valence-electron chi connectivity index (χ3n) is 7.92. The second-order valence-electron chi connectivity index (χ2n) is 12.9. The molecule has 4 aromatic heterocycles. The molecule has 1 amide bonds. The summed E-state index contributed by atoms with van der Waals surface area (Å²) in [5.41, 5.74) is 5.21. The number of halogens is 4. The summed E-state index contributed by atoms with van der Waals surface area (Å²) in [6, 6.07) is 14.2. The summed E-state index contributed by atoms with van der Waals surface area (Å²) < 4.78 is 40.0. The van der Waals surface area contributed by atoms with Crippen molar-refractivity contribution in [3.05, 3.63) is 127 Å². The number of anilines is 2. The Morgan fingerprint density at radius 1 is 0.787 bits per heavy atom. The number of rotatable bonds is 9. The fourth-order valence-electron chi connectivity index (χ4n) is 5.05. The van der Waals surface area contributed by atoms with Gasteiger partial charge in [0.25, 0.3) is 17.3 Å². The third kappa shape index (κ3) is 13.6. The number of nitrogens with one attached hydrogen (secondary N) is 1. The average molecular weight is 906 g/mol. The summed E-state index contributed by atoms with van der Waals surface area (Å²) in [5, 5.41) is 48.3. The van der Waals surface area contributed by atoms with Crippen molar-refractivity contribution in [2.45, 2.75) is 53.6 Å². The van der Waals surface area contributed by atoms with Crippen LogP contribution in [-0.2, 0) is 9.23 Å². The van der Waals surface area contributed by atoms with Crippen LogP contribution in [0, 0.1) is 45.7 Å². The normalized spacial score (nSPS) is 10.5. The molecule has 25 heteroatoms. The van der Waals surface area contributed by atoms with Crippen LogP contribution in [-0.4, -0.2) is 70.5 Å². The Kier molecular flexibility index (Phi) is 17.5. The first-order chi connectivity index (χ1) is 28.6. The minimum absolute atomic E-state index is 0.0949. The van der Waals surface area contributed by atoms with E-state index in [4.69, 9.17) is 15.0 Å². The van der Waals surface area contributed by atoms with E-state index in [2.05, 4.69) is 70.9 Å². The molecule has 61 heavy (non-hydrogen) atoms. The zero-order chi connectivity index (χ0) is 45.7. The van der Waals surface area contributed by atoms with Crippen molar-refractivity contribution < 1.29 is 37.5 Å². The number of amides is 1. The number of aromatic carboxylic acids is 1. The van der Waals surface area contributed by atoms with Crippen LogP contribution in [0.5, 0.6) is 0 Å². The molecule has 2 aromatic carbocycles. The van der Waals surface area contributed by atoms with Gasteiger partial charge in [0, 0.05) is 56.7 Å². The SMILES string of the molecule is CC(C)n1cnnc1-c1cccc(N)n1.Cc1cc(F)c(C(=O)Nc2cccc(-c3nncn3C(C)C)n2)cc1[N+](=O)[O-].Cc1cc(F)c(C(=O)O)cc1[N+](=O)[O-].O=S(Cl)Cl. The molecular weight excluding hydrogens is 869 g/mol. The van der Waals surface area contributed by atoms with Crippen LogP contribution in [0.15, 0.2) is 73.3 Å². The largest absolute Gasteiger partial charge is 0.478 e. The zero-order valence-corrected chi connectivity index (χ0v) is 35.2. The molecule has 4 N–H and O–H groups in total. The highest BCUT2D eigenvalue weighted by atomic mass is 36.0. The Labute approximate surface area is 356 Å². The van der Waals surface area contributed by atoms with Gasteiger partial charge in [-0.15, -0.1) is 20.4 Å². The molecule has 4 heterocycles. The molecule has 6 aromatic rings. The van der Waals surface area contributed by atoms with Crippen LogP contribution in [0.3, 0.4) is 0 Å². The maximum absolute atomic E-state index is 14.2. The number of carbonyl (C=O) groups is 2. The summed E-state index contributed by atoms with van der Waals surface area (Å²) in [6.45, 7) is 10.8. The molecule has 0 atom stereocenters. The standard InChI is InChI=1S/C18H17FN6O3.C10H13N5.C8H6FNO4.Cl2OS/c1-10(2)24-9-20-23-17(24)14-5-4-6-16(21-14)22-18(26)12-8-15(25(27)28)11(3)7-13(12)19;1-7(2)15-6-12-14-10(15)8-4-3-5-9(11)13-8;1-4-2-6(9)5(8(11)12)3-7(4)10(13)14;1-4(2)3/h4-10H,1-3H3,(H,21,22,26);3-7H,1-2H3,(H2,11,13);2-3H,1H3,(H,11,12);. The van der Waals surface area contributed by atoms with Gasteiger partial charge in [-0.1, -0.05) is 12.1 Å². The zero-order valence-electron chi connectivity index (χ0n) is 32.9. The summed E-state index contributed by atoms with van der Waals surface area (Å²) >= 11 is 0. The summed E-state index contributed by atoms with van der Waals surface area (Å²) in [5.74, 6) is -2.27. The molecular formula is C36H36Cl2F2N12O8S. The average Bonchev–Trinajstić information content (AvgIpc) is 3.87. The molecule has 0 saturated heterocycles. The number of nitrogen functional groups attached to an aromatic ring is 1. The monoisotopic (exact) mass is 904 g/mol. The number of carboxylic acids is 1. The van der Waals surface area contributed by atoms with E-state index in [-0.39, 0.29) is 28.7 Å². The van der Waals surface area contributed by atoms with Crippen LogP contribution < -0.4 is 11.1 Å². The van der Waals surface area contributed by atoms with Crippen molar-refractivity contribution in [1.82, 2.24) is 39.5 Å². The number of pyridine rings is 2. The first-order valence-corrected chi connectivity index (χ1v) is 20.1. The van der Waals surface area contributed by atoms with Gasteiger partial charge in [-0.2, -0.15) is 0 Å². The van der Waals surface area contributed by atoms with Crippen molar-refractivity contribution >= 4 is 65.5 Å². The molecule has 0 aliphatic rings. The molecule has 0 spiro atoms. The van der Waals surface area contributed by atoms with E-state index in [1.165, 1.54) is 19.9 Å². The molecule has 0 unspecified atom stereocenters. The highest BCUT2D eigenvalue weighted by molar-refractivity contribution is 8.26. The number of carboxylic acid groups (broad SMARTS) is 1. The Hall–Kier alpha value is -6.85. The highest BCUT2D eigenvalue weighted by Crippen LogP contribution is 2.25. The summed E-state index contributed by atoms with van der Waals surface area (Å²) in [4.78, 5) is 51.5.